The van der Waals surface area contributed by atoms with E-state index >= 15 is 0 Å². The number of benzene rings is 1. The van der Waals surface area contributed by atoms with E-state index in [9.17, 15) is 9.59 Å². The molecule has 1 N–H and O–H groups in total. The molecule has 1 fully saturated rings. The quantitative estimate of drug-likeness (QED) is 0.898. The van der Waals surface area contributed by atoms with Crippen LogP contribution < -0.4 is 5.32 Å². The van der Waals surface area contributed by atoms with Crippen molar-refractivity contribution in [3.05, 3.63) is 35.4 Å². The van der Waals surface area contributed by atoms with Crippen LogP contribution in [-0.4, -0.2) is 34.8 Å². The molecule has 110 valence electrons. The molecular formula is C16H19N3O2. The Balaban J connectivity index is 2.04. The van der Waals surface area contributed by atoms with Gasteiger partial charge in [0.2, 0.25) is 5.91 Å². The molecule has 0 spiro atoms. The molecule has 1 atom stereocenters. The van der Waals surface area contributed by atoms with Gasteiger partial charge >= 0.3 is 0 Å². The molecule has 1 saturated heterocycles. The molecule has 2 amide bonds. The predicted octanol–water partition coefficient (Wildman–Crippen LogP) is 1.69. The van der Waals surface area contributed by atoms with Crippen LogP contribution in [0.1, 0.15) is 43.1 Å². The van der Waals surface area contributed by atoms with E-state index < -0.39 is 0 Å². The van der Waals surface area contributed by atoms with Gasteiger partial charge in [0.15, 0.2) is 0 Å². The van der Waals surface area contributed by atoms with E-state index in [4.69, 9.17) is 5.26 Å². The van der Waals surface area contributed by atoms with Crippen molar-refractivity contribution in [2.45, 2.75) is 38.8 Å². The maximum Gasteiger partial charge on any atom is 0.251 e. The smallest absolute Gasteiger partial charge is 0.251 e. The Labute approximate surface area is 124 Å². The highest BCUT2D eigenvalue weighted by Gasteiger charge is 2.36. The molecule has 0 aromatic heterocycles. The fraction of sp³-hybridized carbons (Fsp3) is 0.438. The molecule has 0 radical (unpaired) electrons. The van der Waals surface area contributed by atoms with Gasteiger partial charge in [-0.15, -0.1) is 0 Å². The Morgan fingerprint density at radius 1 is 1.43 bits per heavy atom. The number of nitriles is 1. The van der Waals surface area contributed by atoms with Crippen LogP contribution in [0.5, 0.6) is 0 Å². The first kappa shape index (κ1) is 15.0. The third kappa shape index (κ3) is 3.40. The van der Waals surface area contributed by atoms with Crippen LogP contribution in [0.15, 0.2) is 24.3 Å². The van der Waals surface area contributed by atoms with Crippen LogP contribution in [0, 0.1) is 11.3 Å². The van der Waals surface area contributed by atoms with Gasteiger partial charge in [0.1, 0.15) is 0 Å². The SMILES string of the molecule is CC(C)(C)N1CC(NC(=O)c2cccc(C#N)c2)CC1=O. The molecule has 2 rings (SSSR count). The highest BCUT2D eigenvalue weighted by molar-refractivity contribution is 5.95. The number of amides is 2. The van der Waals surface area contributed by atoms with Gasteiger partial charge in [0, 0.05) is 24.1 Å². The van der Waals surface area contributed by atoms with Crippen LogP contribution in [0.2, 0.25) is 0 Å². The van der Waals surface area contributed by atoms with Crippen LogP contribution in [0.4, 0.5) is 0 Å². The molecule has 0 aliphatic carbocycles. The average molecular weight is 285 g/mol. The summed E-state index contributed by atoms with van der Waals surface area (Å²) in [4.78, 5) is 25.9. The van der Waals surface area contributed by atoms with E-state index in [1.165, 1.54) is 0 Å². The fourth-order valence-electron chi connectivity index (χ4n) is 2.45. The van der Waals surface area contributed by atoms with Gasteiger partial charge in [-0.25, -0.2) is 0 Å². The van der Waals surface area contributed by atoms with E-state index in [0.717, 1.165) is 0 Å². The summed E-state index contributed by atoms with van der Waals surface area (Å²) in [5.74, 6) is -0.195. The molecular weight excluding hydrogens is 266 g/mol. The van der Waals surface area contributed by atoms with Crippen molar-refractivity contribution in [1.29, 1.82) is 5.26 Å². The second-order valence-electron chi connectivity index (χ2n) is 6.24. The number of nitrogens with zero attached hydrogens (tertiary/aromatic N) is 2. The summed E-state index contributed by atoms with van der Waals surface area (Å²) in [5.41, 5.74) is 0.647. The molecule has 1 aromatic rings. The lowest BCUT2D eigenvalue weighted by Crippen LogP contribution is -2.44. The summed E-state index contributed by atoms with van der Waals surface area (Å²) in [6, 6.07) is 8.36. The van der Waals surface area contributed by atoms with E-state index in [1.54, 1.807) is 29.2 Å². The molecule has 1 aliphatic rings. The Hall–Kier alpha value is -2.35. The zero-order valence-corrected chi connectivity index (χ0v) is 12.5. The summed E-state index contributed by atoms with van der Waals surface area (Å²) < 4.78 is 0. The maximum absolute atomic E-state index is 12.2. The van der Waals surface area contributed by atoms with Crippen molar-refractivity contribution in [2.24, 2.45) is 0 Å². The number of hydrogen-bond donors (Lipinski definition) is 1. The number of hydrogen-bond acceptors (Lipinski definition) is 3. The van der Waals surface area contributed by atoms with Crippen molar-refractivity contribution >= 4 is 11.8 Å². The number of nitrogens with one attached hydrogen (secondary N) is 1. The van der Waals surface area contributed by atoms with Gasteiger partial charge in [0.05, 0.1) is 17.7 Å². The molecule has 5 nitrogen and oxygen atoms in total. The van der Waals surface area contributed by atoms with Crippen molar-refractivity contribution < 1.29 is 9.59 Å². The second-order valence-corrected chi connectivity index (χ2v) is 6.24. The largest absolute Gasteiger partial charge is 0.347 e. The molecule has 5 heteroatoms. The zero-order valence-electron chi connectivity index (χ0n) is 12.5. The number of carbonyl (C=O) groups is 2. The first-order valence-electron chi connectivity index (χ1n) is 6.93. The summed E-state index contributed by atoms with van der Waals surface area (Å²) in [6.07, 6.45) is 0.320. The average Bonchev–Trinajstić information content (AvgIpc) is 2.79. The Morgan fingerprint density at radius 2 is 2.14 bits per heavy atom. The van der Waals surface area contributed by atoms with E-state index in [0.29, 0.717) is 24.1 Å². The van der Waals surface area contributed by atoms with Crippen molar-refractivity contribution in [1.82, 2.24) is 10.2 Å². The van der Waals surface area contributed by atoms with Gasteiger partial charge in [0.25, 0.3) is 5.91 Å². The van der Waals surface area contributed by atoms with Gasteiger partial charge in [-0.3, -0.25) is 9.59 Å². The van der Waals surface area contributed by atoms with Gasteiger partial charge in [-0.05, 0) is 39.0 Å². The van der Waals surface area contributed by atoms with Crippen LogP contribution >= 0.6 is 0 Å². The third-order valence-electron chi connectivity index (χ3n) is 3.52. The fourth-order valence-corrected chi connectivity index (χ4v) is 2.45. The molecule has 1 heterocycles. The summed E-state index contributed by atoms with van der Waals surface area (Å²) >= 11 is 0. The molecule has 21 heavy (non-hydrogen) atoms. The lowest BCUT2D eigenvalue weighted by molar-refractivity contribution is -0.131. The minimum atomic E-state index is -0.249. The second kappa shape index (κ2) is 5.57. The standard InChI is InChI=1S/C16H19N3O2/c1-16(2,3)19-10-13(8-14(19)20)18-15(21)12-6-4-5-11(7-12)9-17/h4-7,13H,8,10H2,1-3H3,(H,18,21). The third-order valence-corrected chi connectivity index (χ3v) is 3.52. The minimum absolute atomic E-state index is 0.0542. The highest BCUT2D eigenvalue weighted by Crippen LogP contribution is 2.22. The molecule has 1 unspecified atom stereocenters. The van der Waals surface area contributed by atoms with Gasteiger partial charge in [-0.1, -0.05) is 6.07 Å². The molecule has 1 aliphatic heterocycles. The van der Waals surface area contributed by atoms with Crippen molar-refractivity contribution in [3.63, 3.8) is 0 Å². The first-order valence-corrected chi connectivity index (χ1v) is 6.93. The summed E-state index contributed by atoms with van der Waals surface area (Å²) in [5, 5.41) is 11.7. The minimum Gasteiger partial charge on any atom is -0.347 e. The maximum atomic E-state index is 12.2. The predicted molar refractivity (Wildman–Crippen MR) is 78.5 cm³/mol. The summed E-state index contributed by atoms with van der Waals surface area (Å²) in [7, 11) is 0. The van der Waals surface area contributed by atoms with Gasteiger partial charge in [-0.2, -0.15) is 5.26 Å². The summed E-state index contributed by atoms with van der Waals surface area (Å²) in [6.45, 7) is 6.45. The van der Waals surface area contributed by atoms with Crippen LogP contribution in [0.3, 0.4) is 0 Å². The zero-order chi connectivity index (χ0) is 15.6. The van der Waals surface area contributed by atoms with Crippen LogP contribution in [-0.2, 0) is 4.79 Å². The Bertz CT molecular complexity index is 611. The first-order chi connectivity index (χ1) is 9.81. The van der Waals surface area contributed by atoms with Crippen molar-refractivity contribution in [3.8, 4) is 6.07 Å². The van der Waals surface area contributed by atoms with E-state index in [2.05, 4.69) is 5.32 Å². The van der Waals surface area contributed by atoms with E-state index in [1.807, 2.05) is 26.8 Å². The number of likely N-dealkylation sites (tertiary alicyclic amines) is 1. The molecule has 0 saturated carbocycles. The monoisotopic (exact) mass is 285 g/mol. The Morgan fingerprint density at radius 3 is 2.71 bits per heavy atom. The highest BCUT2D eigenvalue weighted by atomic mass is 16.2. The lowest BCUT2D eigenvalue weighted by Gasteiger charge is -2.32. The van der Waals surface area contributed by atoms with Crippen molar-refractivity contribution in [2.75, 3.05) is 6.54 Å². The topological polar surface area (TPSA) is 73.2 Å². The number of carbonyl (C=O) groups excluding carboxylic acids is 2. The van der Waals surface area contributed by atoms with E-state index in [-0.39, 0.29) is 23.4 Å². The lowest BCUT2D eigenvalue weighted by atomic mass is 10.1. The molecule has 0 bridgehead atoms. The normalized spacial score (nSPS) is 18.5. The Kier molecular flexibility index (Phi) is 3.99. The van der Waals surface area contributed by atoms with Crippen LogP contribution in [0.25, 0.3) is 0 Å². The molecule has 1 aromatic carbocycles. The number of rotatable bonds is 2. The van der Waals surface area contributed by atoms with Gasteiger partial charge < -0.3 is 10.2 Å².